The third kappa shape index (κ3) is 3.01. The number of hydrogen-bond donors (Lipinski definition) is 0. The predicted molar refractivity (Wildman–Crippen MR) is 76.6 cm³/mol. The highest BCUT2D eigenvalue weighted by Crippen LogP contribution is 2.30. The van der Waals surface area contributed by atoms with E-state index in [1.807, 2.05) is 6.20 Å². The summed E-state index contributed by atoms with van der Waals surface area (Å²) in [4.78, 5) is 7.12. The van der Waals surface area contributed by atoms with Crippen molar-refractivity contribution in [1.82, 2.24) is 4.98 Å². The van der Waals surface area contributed by atoms with Crippen LogP contribution in [0.15, 0.2) is 16.7 Å². The van der Waals surface area contributed by atoms with Crippen LogP contribution in [0.2, 0.25) is 0 Å². The number of aryl methyl sites for hydroxylation is 1. The lowest BCUT2D eigenvalue weighted by Gasteiger charge is -2.31. The summed E-state index contributed by atoms with van der Waals surface area (Å²) in [7, 11) is 0. The van der Waals surface area contributed by atoms with Crippen molar-refractivity contribution in [2.45, 2.75) is 52.0 Å². The van der Waals surface area contributed by atoms with Gasteiger partial charge in [0.25, 0.3) is 0 Å². The molecular weight excluding hydrogens is 276 g/mol. The minimum absolute atomic E-state index is 0.656. The summed E-state index contributed by atoms with van der Waals surface area (Å²) in [5.74, 6) is 1.13. The molecule has 0 aromatic carbocycles. The Bertz CT molecular complexity index is 378. The molecule has 0 aliphatic carbocycles. The van der Waals surface area contributed by atoms with E-state index in [2.05, 4.69) is 45.7 Å². The third-order valence-corrected chi connectivity index (χ3v) is 4.16. The predicted octanol–water partition coefficient (Wildman–Crippen LogP) is 4.31. The van der Waals surface area contributed by atoms with Crippen LogP contribution in [0.25, 0.3) is 0 Å². The molecule has 0 N–H and O–H groups in total. The molecular formula is C14H21BrN2. The van der Waals surface area contributed by atoms with Crippen LogP contribution >= 0.6 is 15.9 Å². The lowest BCUT2D eigenvalue weighted by molar-refractivity contribution is 0.551. The van der Waals surface area contributed by atoms with Gasteiger partial charge in [-0.15, -0.1) is 0 Å². The molecule has 94 valence electrons. The average Bonchev–Trinajstić information content (AvgIpc) is 2.54. The van der Waals surface area contributed by atoms with E-state index in [1.165, 1.54) is 37.7 Å². The fourth-order valence-electron chi connectivity index (χ4n) is 2.62. The fraction of sp³-hybridized carbons (Fsp3) is 0.643. The first kappa shape index (κ1) is 12.9. The van der Waals surface area contributed by atoms with E-state index in [0.717, 1.165) is 16.8 Å². The molecule has 2 heterocycles. The van der Waals surface area contributed by atoms with Gasteiger partial charge >= 0.3 is 0 Å². The number of rotatable bonds is 2. The van der Waals surface area contributed by atoms with Crippen molar-refractivity contribution in [1.29, 1.82) is 0 Å². The summed E-state index contributed by atoms with van der Waals surface area (Å²) in [5.41, 5.74) is 1.21. The van der Waals surface area contributed by atoms with Crippen molar-refractivity contribution in [3.05, 3.63) is 22.3 Å². The van der Waals surface area contributed by atoms with E-state index in [9.17, 15) is 0 Å². The van der Waals surface area contributed by atoms with Gasteiger partial charge in [0.05, 0.1) is 4.47 Å². The number of pyridine rings is 1. The molecule has 1 aliphatic rings. The van der Waals surface area contributed by atoms with Gasteiger partial charge in [-0.25, -0.2) is 4.98 Å². The Kier molecular flexibility index (Phi) is 4.43. The van der Waals surface area contributed by atoms with E-state index in [1.54, 1.807) is 0 Å². The fourth-order valence-corrected chi connectivity index (χ4v) is 3.31. The van der Waals surface area contributed by atoms with Gasteiger partial charge in [0.15, 0.2) is 0 Å². The Morgan fingerprint density at radius 3 is 2.94 bits per heavy atom. The Labute approximate surface area is 113 Å². The molecule has 1 atom stereocenters. The Morgan fingerprint density at radius 2 is 2.24 bits per heavy atom. The van der Waals surface area contributed by atoms with Crippen molar-refractivity contribution in [2.24, 2.45) is 0 Å². The zero-order valence-electron chi connectivity index (χ0n) is 10.7. The first-order valence-electron chi connectivity index (χ1n) is 6.61. The van der Waals surface area contributed by atoms with Crippen molar-refractivity contribution in [3.8, 4) is 0 Å². The van der Waals surface area contributed by atoms with E-state index >= 15 is 0 Å². The number of halogens is 1. The van der Waals surface area contributed by atoms with E-state index in [4.69, 9.17) is 0 Å². The van der Waals surface area contributed by atoms with Crippen molar-refractivity contribution >= 4 is 21.7 Å². The van der Waals surface area contributed by atoms with Gasteiger partial charge in [-0.05, 0) is 53.7 Å². The molecule has 1 saturated heterocycles. The molecule has 0 bridgehead atoms. The van der Waals surface area contributed by atoms with Crippen LogP contribution in [-0.2, 0) is 0 Å². The average molecular weight is 297 g/mol. The zero-order valence-corrected chi connectivity index (χ0v) is 12.3. The Balaban J connectivity index is 2.28. The van der Waals surface area contributed by atoms with Crippen LogP contribution in [0.4, 0.5) is 5.82 Å². The maximum Gasteiger partial charge on any atom is 0.143 e. The van der Waals surface area contributed by atoms with Crippen LogP contribution in [0, 0.1) is 6.92 Å². The lowest BCUT2D eigenvalue weighted by atomic mass is 10.1. The van der Waals surface area contributed by atoms with Gasteiger partial charge in [-0.3, -0.25) is 0 Å². The molecule has 0 saturated carbocycles. The highest BCUT2D eigenvalue weighted by atomic mass is 79.9. The van der Waals surface area contributed by atoms with Gasteiger partial charge in [-0.2, -0.15) is 0 Å². The summed E-state index contributed by atoms with van der Waals surface area (Å²) in [6, 6.07) is 2.82. The summed E-state index contributed by atoms with van der Waals surface area (Å²) in [6.45, 7) is 5.51. The number of nitrogens with zero attached hydrogens (tertiary/aromatic N) is 2. The first-order valence-corrected chi connectivity index (χ1v) is 7.40. The van der Waals surface area contributed by atoms with Crippen molar-refractivity contribution < 1.29 is 0 Å². The van der Waals surface area contributed by atoms with E-state index < -0.39 is 0 Å². The summed E-state index contributed by atoms with van der Waals surface area (Å²) >= 11 is 3.66. The Hall–Kier alpha value is -0.570. The van der Waals surface area contributed by atoms with Gasteiger partial charge in [0.1, 0.15) is 5.82 Å². The van der Waals surface area contributed by atoms with Crippen LogP contribution < -0.4 is 4.90 Å². The monoisotopic (exact) mass is 296 g/mol. The lowest BCUT2D eigenvalue weighted by Crippen LogP contribution is -2.35. The highest BCUT2D eigenvalue weighted by Gasteiger charge is 2.22. The Morgan fingerprint density at radius 1 is 1.41 bits per heavy atom. The van der Waals surface area contributed by atoms with Crippen LogP contribution in [0.3, 0.4) is 0 Å². The maximum atomic E-state index is 4.62. The molecule has 0 amide bonds. The summed E-state index contributed by atoms with van der Waals surface area (Å²) in [6.07, 6.45) is 8.49. The summed E-state index contributed by atoms with van der Waals surface area (Å²) in [5, 5.41) is 0. The molecule has 3 heteroatoms. The number of aromatic nitrogens is 1. The molecule has 0 spiro atoms. The minimum atomic E-state index is 0.656. The second kappa shape index (κ2) is 5.85. The maximum absolute atomic E-state index is 4.62. The number of anilines is 1. The minimum Gasteiger partial charge on any atom is -0.353 e. The van der Waals surface area contributed by atoms with Gasteiger partial charge in [0.2, 0.25) is 0 Å². The van der Waals surface area contributed by atoms with E-state index in [-0.39, 0.29) is 0 Å². The second-order valence-corrected chi connectivity index (χ2v) is 5.78. The molecule has 1 aromatic heterocycles. The third-order valence-electron chi connectivity index (χ3n) is 3.58. The quantitative estimate of drug-likeness (QED) is 0.808. The van der Waals surface area contributed by atoms with Crippen LogP contribution in [0.1, 0.15) is 44.6 Å². The molecule has 0 radical (unpaired) electrons. The second-order valence-electron chi connectivity index (χ2n) is 4.92. The normalized spacial score (nSPS) is 21.4. The van der Waals surface area contributed by atoms with Crippen LogP contribution in [0.5, 0.6) is 0 Å². The van der Waals surface area contributed by atoms with Gasteiger partial charge < -0.3 is 4.90 Å². The molecule has 2 nitrogen and oxygen atoms in total. The highest BCUT2D eigenvalue weighted by molar-refractivity contribution is 9.10. The van der Waals surface area contributed by atoms with Gasteiger partial charge in [0, 0.05) is 18.8 Å². The molecule has 1 fully saturated rings. The smallest absolute Gasteiger partial charge is 0.143 e. The molecule has 1 unspecified atom stereocenters. The van der Waals surface area contributed by atoms with Crippen molar-refractivity contribution in [3.63, 3.8) is 0 Å². The SMILES string of the molecule is CCC1CCCCCN1c1ncc(C)cc1Br. The zero-order chi connectivity index (χ0) is 12.3. The molecule has 17 heavy (non-hydrogen) atoms. The van der Waals surface area contributed by atoms with Gasteiger partial charge in [-0.1, -0.05) is 19.8 Å². The van der Waals surface area contributed by atoms with Crippen molar-refractivity contribution in [2.75, 3.05) is 11.4 Å². The van der Waals surface area contributed by atoms with Crippen LogP contribution in [-0.4, -0.2) is 17.6 Å². The molecule has 2 rings (SSSR count). The standard InChI is InChI=1S/C14H21BrN2/c1-3-12-7-5-4-6-8-17(12)14-13(15)9-11(2)10-16-14/h9-10,12H,3-8H2,1-2H3. The van der Waals surface area contributed by atoms with E-state index in [0.29, 0.717) is 6.04 Å². The molecule has 1 aromatic rings. The number of hydrogen-bond acceptors (Lipinski definition) is 2. The largest absolute Gasteiger partial charge is 0.353 e. The molecule has 1 aliphatic heterocycles. The topological polar surface area (TPSA) is 16.1 Å². The first-order chi connectivity index (χ1) is 8.22. The summed E-state index contributed by atoms with van der Waals surface area (Å²) < 4.78 is 1.14.